The standard InChI is InChI=1S/C17H12ClN3O4/c18-14-7-5-12(6-8-14)16(23)21-20-15(22)10-25-17(24)13-3-1-11(9-19)2-4-13/h1-8H,10H2,(H,20,22)(H,21,23). The maximum absolute atomic E-state index is 11.8. The number of nitriles is 1. The summed E-state index contributed by atoms with van der Waals surface area (Å²) in [6.45, 7) is -0.570. The average Bonchev–Trinajstić information content (AvgIpc) is 2.64. The zero-order valence-electron chi connectivity index (χ0n) is 12.8. The third-order valence-electron chi connectivity index (χ3n) is 3.01. The lowest BCUT2D eigenvalue weighted by atomic mass is 10.1. The van der Waals surface area contributed by atoms with Gasteiger partial charge >= 0.3 is 5.97 Å². The first-order valence-electron chi connectivity index (χ1n) is 7.01. The van der Waals surface area contributed by atoms with Gasteiger partial charge < -0.3 is 4.74 Å². The quantitative estimate of drug-likeness (QED) is 0.641. The van der Waals surface area contributed by atoms with E-state index in [-0.39, 0.29) is 5.56 Å². The minimum atomic E-state index is -0.719. The number of halogens is 1. The van der Waals surface area contributed by atoms with Crippen molar-refractivity contribution in [1.29, 1.82) is 5.26 Å². The number of benzene rings is 2. The van der Waals surface area contributed by atoms with Crippen molar-refractivity contribution < 1.29 is 19.1 Å². The van der Waals surface area contributed by atoms with Gasteiger partial charge in [0.1, 0.15) is 0 Å². The molecule has 0 fully saturated rings. The van der Waals surface area contributed by atoms with Gasteiger partial charge in [-0.25, -0.2) is 4.79 Å². The summed E-state index contributed by atoms with van der Waals surface area (Å²) in [6.07, 6.45) is 0. The molecule has 0 atom stereocenters. The molecule has 0 spiro atoms. The molecule has 8 heteroatoms. The molecule has 0 aliphatic carbocycles. The Kier molecular flexibility index (Phi) is 6.09. The van der Waals surface area contributed by atoms with Crippen LogP contribution < -0.4 is 10.9 Å². The smallest absolute Gasteiger partial charge is 0.338 e. The van der Waals surface area contributed by atoms with Crippen molar-refractivity contribution in [1.82, 2.24) is 10.9 Å². The van der Waals surface area contributed by atoms with Gasteiger partial charge in [0.15, 0.2) is 6.61 Å². The van der Waals surface area contributed by atoms with E-state index >= 15 is 0 Å². The summed E-state index contributed by atoms with van der Waals surface area (Å²) < 4.78 is 4.81. The van der Waals surface area contributed by atoms with Crippen LogP contribution in [0.1, 0.15) is 26.3 Å². The van der Waals surface area contributed by atoms with Crippen molar-refractivity contribution in [3.8, 4) is 6.07 Å². The summed E-state index contributed by atoms with van der Waals surface area (Å²) >= 11 is 5.72. The lowest BCUT2D eigenvalue weighted by Crippen LogP contribution is -2.43. The number of carbonyl (C=O) groups excluding carboxylic acids is 3. The number of rotatable bonds is 4. The fourth-order valence-corrected chi connectivity index (χ4v) is 1.86. The molecular weight excluding hydrogens is 346 g/mol. The summed E-state index contributed by atoms with van der Waals surface area (Å²) in [5.41, 5.74) is 5.23. The first-order chi connectivity index (χ1) is 12.0. The molecule has 0 unspecified atom stereocenters. The van der Waals surface area contributed by atoms with Crippen LogP contribution in [0.15, 0.2) is 48.5 Å². The number of ether oxygens (including phenoxy) is 1. The van der Waals surface area contributed by atoms with Crippen LogP contribution in [0.5, 0.6) is 0 Å². The monoisotopic (exact) mass is 357 g/mol. The van der Waals surface area contributed by atoms with Gasteiger partial charge in [0.2, 0.25) is 0 Å². The summed E-state index contributed by atoms with van der Waals surface area (Å²) in [4.78, 5) is 35.1. The normalized spacial score (nSPS) is 9.60. The predicted octanol–water partition coefficient (Wildman–Crippen LogP) is 1.83. The molecule has 0 heterocycles. The van der Waals surface area contributed by atoms with Crippen molar-refractivity contribution in [2.24, 2.45) is 0 Å². The highest BCUT2D eigenvalue weighted by Gasteiger charge is 2.11. The van der Waals surface area contributed by atoms with Gasteiger partial charge in [-0.05, 0) is 48.5 Å². The minimum Gasteiger partial charge on any atom is -0.452 e. The number of hydrogen-bond acceptors (Lipinski definition) is 5. The number of carbonyl (C=O) groups is 3. The summed E-state index contributed by atoms with van der Waals surface area (Å²) in [7, 11) is 0. The van der Waals surface area contributed by atoms with E-state index in [1.54, 1.807) is 0 Å². The fourth-order valence-electron chi connectivity index (χ4n) is 1.73. The summed E-state index contributed by atoms with van der Waals surface area (Å²) in [5.74, 6) is -1.96. The van der Waals surface area contributed by atoms with Crippen molar-refractivity contribution in [2.75, 3.05) is 6.61 Å². The molecule has 0 aromatic heterocycles. The maximum atomic E-state index is 11.8. The molecule has 2 N–H and O–H groups in total. The second-order valence-corrected chi connectivity index (χ2v) is 5.21. The SMILES string of the molecule is N#Cc1ccc(C(=O)OCC(=O)NNC(=O)c2ccc(Cl)cc2)cc1. The van der Waals surface area contributed by atoms with Gasteiger partial charge in [0.05, 0.1) is 17.2 Å². The highest BCUT2D eigenvalue weighted by atomic mass is 35.5. The molecule has 0 aliphatic rings. The Hall–Kier alpha value is -3.37. The molecule has 0 saturated heterocycles. The van der Waals surface area contributed by atoms with Crippen LogP contribution in [0, 0.1) is 11.3 Å². The number of hydrogen-bond donors (Lipinski definition) is 2. The molecule has 25 heavy (non-hydrogen) atoms. The highest BCUT2D eigenvalue weighted by molar-refractivity contribution is 6.30. The fraction of sp³-hybridized carbons (Fsp3) is 0.0588. The van der Waals surface area contributed by atoms with E-state index in [0.717, 1.165) is 0 Å². The van der Waals surface area contributed by atoms with Gasteiger partial charge in [-0.3, -0.25) is 20.4 Å². The van der Waals surface area contributed by atoms with Crippen LogP contribution >= 0.6 is 11.6 Å². The Balaban J connectivity index is 1.78. The van der Waals surface area contributed by atoms with Crippen LogP contribution in [0.2, 0.25) is 5.02 Å². The second kappa shape index (κ2) is 8.47. The molecule has 126 valence electrons. The molecule has 2 aromatic carbocycles. The minimum absolute atomic E-state index is 0.206. The van der Waals surface area contributed by atoms with Gasteiger partial charge in [0, 0.05) is 10.6 Å². The Morgan fingerprint density at radius 1 is 0.960 bits per heavy atom. The molecule has 0 saturated carbocycles. The molecule has 0 bridgehead atoms. The second-order valence-electron chi connectivity index (χ2n) is 4.77. The number of nitrogens with zero attached hydrogens (tertiary/aromatic N) is 1. The lowest BCUT2D eigenvalue weighted by molar-refractivity contribution is -0.125. The Bertz CT molecular complexity index is 826. The molecule has 2 aromatic rings. The number of esters is 1. The van der Waals surface area contributed by atoms with Crippen LogP contribution in [0.25, 0.3) is 0 Å². The van der Waals surface area contributed by atoms with E-state index in [4.69, 9.17) is 21.6 Å². The molecule has 0 radical (unpaired) electrons. The molecule has 0 aliphatic heterocycles. The topological polar surface area (TPSA) is 108 Å². The number of amides is 2. The van der Waals surface area contributed by atoms with Crippen molar-refractivity contribution in [2.45, 2.75) is 0 Å². The van der Waals surface area contributed by atoms with Crippen LogP contribution in [0.4, 0.5) is 0 Å². The van der Waals surface area contributed by atoms with Gasteiger partial charge in [0.25, 0.3) is 11.8 Å². The van der Waals surface area contributed by atoms with E-state index in [1.165, 1.54) is 48.5 Å². The third-order valence-corrected chi connectivity index (χ3v) is 3.26. The van der Waals surface area contributed by atoms with Crippen LogP contribution in [-0.2, 0) is 9.53 Å². The zero-order chi connectivity index (χ0) is 18.2. The van der Waals surface area contributed by atoms with Crippen LogP contribution in [-0.4, -0.2) is 24.4 Å². The van der Waals surface area contributed by atoms with E-state index in [9.17, 15) is 14.4 Å². The van der Waals surface area contributed by atoms with E-state index < -0.39 is 24.4 Å². The van der Waals surface area contributed by atoms with E-state index in [1.807, 2.05) is 6.07 Å². The number of nitrogens with one attached hydrogen (secondary N) is 2. The average molecular weight is 358 g/mol. The third kappa shape index (κ3) is 5.34. The Morgan fingerprint density at radius 3 is 2.16 bits per heavy atom. The van der Waals surface area contributed by atoms with E-state index in [2.05, 4.69) is 10.9 Å². The van der Waals surface area contributed by atoms with E-state index in [0.29, 0.717) is 16.1 Å². The predicted molar refractivity (Wildman–Crippen MR) is 88.5 cm³/mol. The van der Waals surface area contributed by atoms with Gasteiger partial charge in [-0.2, -0.15) is 5.26 Å². The Morgan fingerprint density at radius 2 is 1.56 bits per heavy atom. The van der Waals surface area contributed by atoms with Crippen molar-refractivity contribution in [3.05, 3.63) is 70.2 Å². The maximum Gasteiger partial charge on any atom is 0.338 e. The molecule has 2 amide bonds. The first kappa shape index (κ1) is 18.0. The zero-order valence-corrected chi connectivity index (χ0v) is 13.5. The summed E-state index contributed by atoms with van der Waals surface area (Å²) in [5, 5.41) is 9.16. The summed E-state index contributed by atoms with van der Waals surface area (Å²) in [6, 6.07) is 13.7. The van der Waals surface area contributed by atoms with Crippen molar-refractivity contribution >= 4 is 29.4 Å². The number of hydrazine groups is 1. The molecule has 2 rings (SSSR count). The largest absolute Gasteiger partial charge is 0.452 e. The van der Waals surface area contributed by atoms with Crippen molar-refractivity contribution in [3.63, 3.8) is 0 Å². The Labute approximate surface area is 148 Å². The first-order valence-corrected chi connectivity index (χ1v) is 7.39. The van der Waals surface area contributed by atoms with Gasteiger partial charge in [-0.1, -0.05) is 11.6 Å². The van der Waals surface area contributed by atoms with Crippen LogP contribution in [0.3, 0.4) is 0 Å². The lowest BCUT2D eigenvalue weighted by Gasteiger charge is -2.08. The molecular formula is C17H12ClN3O4. The van der Waals surface area contributed by atoms with Gasteiger partial charge in [-0.15, -0.1) is 0 Å². The molecule has 7 nitrogen and oxygen atoms in total. The highest BCUT2D eigenvalue weighted by Crippen LogP contribution is 2.09.